The lowest BCUT2D eigenvalue weighted by Crippen LogP contribution is -2.04. The SMILES string of the molecule is c1ccc2c(c1)Oc1cccc3c4cccc(-c5ccc(-n6c7ccccc7c7ccc8oc9ccccc9c8c76)cc5)c4n-2c13. The molecule has 4 heterocycles. The maximum absolute atomic E-state index is 6.37. The second-order valence-corrected chi connectivity index (χ2v) is 12.1. The van der Waals surface area contributed by atoms with Gasteiger partial charge in [0.2, 0.25) is 0 Å². The first-order valence-electron chi connectivity index (χ1n) is 15.6. The third kappa shape index (κ3) is 3.03. The molecule has 214 valence electrons. The first kappa shape index (κ1) is 24.1. The summed E-state index contributed by atoms with van der Waals surface area (Å²) in [7, 11) is 0. The Morgan fingerprint density at radius 1 is 0.413 bits per heavy atom. The summed E-state index contributed by atoms with van der Waals surface area (Å²) in [5.74, 6) is 1.76. The van der Waals surface area contributed by atoms with Gasteiger partial charge >= 0.3 is 0 Å². The number of hydrogen-bond donors (Lipinski definition) is 0. The molecular weight excluding hydrogens is 564 g/mol. The summed E-state index contributed by atoms with van der Waals surface area (Å²) in [6.45, 7) is 0. The highest BCUT2D eigenvalue weighted by Crippen LogP contribution is 2.47. The number of aromatic nitrogens is 2. The van der Waals surface area contributed by atoms with Crippen molar-refractivity contribution in [2.45, 2.75) is 0 Å². The lowest BCUT2D eigenvalue weighted by atomic mass is 10.0. The van der Waals surface area contributed by atoms with Gasteiger partial charge in [-0.3, -0.25) is 0 Å². The lowest BCUT2D eigenvalue weighted by molar-refractivity contribution is 0.476. The van der Waals surface area contributed by atoms with E-state index in [4.69, 9.17) is 9.15 Å². The monoisotopic (exact) mass is 588 g/mol. The predicted octanol–water partition coefficient (Wildman–Crippen LogP) is 11.6. The second-order valence-electron chi connectivity index (χ2n) is 12.1. The Kier molecular flexibility index (Phi) is 4.55. The topological polar surface area (TPSA) is 32.2 Å². The molecule has 4 heteroatoms. The first-order chi connectivity index (χ1) is 22.8. The standard InChI is InChI=1S/C42H24N2O2/c1-3-14-33-28(9-1)31-23-24-37-39(32-10-2-5-16-35(32)45-37)42(31)43(33)26-21-19-25(20-22-26)27-11-7-12-29-30-13-8-18-38-41(30)44(40(27)29)34-15-4-6-17-36(34)46-38/h1-24H. The van der Waals surface area contributed by atoms with E-state index >= 15 is 0 Å². The fourth-order valence-corrected chi connectivity index (χ4v) is 7.81. The quantitative estimate of drug-likeness (QED) is 0.201. The average Bonchev–Trinajstić information content (AvgIpc) is 3.77. The molecule has 0 saturated heterocycles. The largest absolute Gasteiger partial charge is 0.456 e. The van der Waals surface area contributed by atoms with Crippen LogP contribution in [-0.2, 0) is 0 Å². The van der Waals surface area contributed by atoms with Crippen LogP contribution < -0.4 is 4.74 Å². The number of benzene rings is 7. The molecule has 0 radical (unpaired) electrons. The van der Waals surface area contributed by atoms with E-state index in [2.05, 4.69) is 137 Å². The molecule has 7 aromatic carbocycles. The minimum atomic E-state index is 0.870. The van der Waals surface area contributed by atoms with Crippen LogP contribution in [0.1, 0.15) is 0 Å². The van der Waals surface area contributed by atoms with Gasteiger partial charge in [0, 0.05) is 38.2 Å². The Morgan fingerprint density at radius 2 is 1.11 bits per heavy atom. The third-order valence-electron chi connectivity index (χ3n) is 9.71. The number of ether oxygens (including phenoxy) is 1. The normalized spacial score (nSPS) is 12.5. The van der Waals surface area contributed by atoms with E-state index < -0.39 is 0 Å². The van der Waals surface area contributed by atoms with Crippen molar-refractivity contribution in [2.24, 2.45) is 0 Å². The van der Waals surface area contributed by atoms with E-state index in [1.165, 1.54) is 49.2 Å². The van der Waals surface area contributed by atoms with Crippen LogP contribution in [0.4, 0.5) is 0 Å². The molecule has 0 amide bonds. The minimum absolute atomic E-state index is 0.870. The maximum Gasteiger partial charge on any atom is 0.152 e. The van der Waals surface area contributed by atoms with Gasteiger partial charge in [-0.1, -0.05) is 91.0 Å². The zero-order valence-corrected chi connectivity index (χ0v) is 24.6. The Balaban J connectivity index is 1.18. The van der Waals surface area contributed by atoms with Crippen LogP contribution in [0.15, 0.2) is 150 Å². The van der Waals surface area contributed by atoms with Crippen molar-refractivity contribution >= 4 is 65.6 Å². The second kappa shape index (κ2) is 8.68. The third-order valence-corrected chi connectivity index (χ3v) is 9.71. The fraction of sp³-hybridized carbons (Fsp3) is 0. The van der Waals surface area contributed by atoms with E-state index in [0.717, 1.165) is 50.3 Å². The molecule has 4 nitrogen and oxygen atoms in total. The summed E-state index contributed by atoms with van der Waals surface area (Å²) in [6, 6.07) is 51.6. The van der Waals surface area contributed by atoms with Gasteiger partial charge in [0.1, 0.15) is 11.2 Å². The number of furan rings is 1. The number of hydrogen-bond acceptors (Lipinski definition) is 2. The van der Waals surface area contributed by atoms with Gasteiger partial charge in [0.05, 0.1) is 33.1 Å². The van der Waals surface area contributed by atoms with Crippen LogP contribution in [0.5, 0.6) is 11.5 Å². The molecule has 0 bridgehead atoms. The summed E-state index contributed by atoms with van der Waals surface area (Å²) >= 11 is 0. The van der Waals surface area contributed by atoms with Crippen LogP contribution >= 0.6 is 0 Å². The van der Waals surface area contributed by atoms with Crippen molar-refractivity contribution in [3.63, 3.8) is 0 Å². The fourth-order valence-electron chi connectivity index (χ4n) is 7.81. The van der Waals surface area contributed by atoms with E-state index in [-0.39, 0.29) is 0 Å². The average molecular weight is 589 g/mol. The van der Waals surface area contributed by atoms with Crippen molar-refractivity contribution < 1.29 is 9.15 Å². The summed E-state index contributed by atoms with van der Waals surface area (Å²) in [5, 5.41) is 7.15. The van der Waals surface area contributed by atoms with Gasteiger partial charge in [-0.2, -0.15) is 0 Å². The molecule has 0 unspecified atom stereocenters. The highest BCUT2D eigenvalue weighted by molar-refractivity contribution is 6.24. The molecule has 0 N–H and O–H groups in total. The van der Waals surface area contributed by atoms with E-state index in [1.54, 1.807) is 0 Å². The molecule has 10 aromatic rings. The van der Waals surface area contributed by atoms with Gasteiger partial charge in [-0.05, 0) is 60.2 Å². The van der Waals surface area contributed by atoms with E-state index in [9.17, 15) is 0 Å². The zero-order valence-electron chi connectivity index (χ0n) is 24.6. The maximum atomic E-state index is 6.37. The first-order valence-corrected chi connectivity index (χ1v) is 15.6. The molecule has 1 aliphatic rings. The Morgan fingerprint density at radius 3 is 2.02 bits per heavy atom. The predicted molar refractivity (Wildman–Crippen MR) is 188 cm³/mol. The van der Waals surface area contributed by atoms with Crippen molar-refractivity contribution in [1.29, 1.82) is 0 Å². The molecule has 46 heavy (non-hydrogen) atoms. The summed E-state index contributed by atoms with van der Waals surface area (Å²) in [5.41, 5.74) is 11.0. The molecular formula is C42H24N2O2. The summed E-state index contributed by atoms with van der Waals surface area (Å²) < 4.78 is 17.5. The molecule has 0 spiro atoms. The summed E-state index contributed by atoms with van der Waals surface area (Å²) in [6.07, 6.45) is 0. The Hall–Kier alpha value is -6.26. The molecule has 0 atom stereocenters. The molecule has 0 saturated carbocycles. The van der Waals surface area contributed by atoms with E-state index in [1.807, 2.05) is 18.2 Å². The van der Waals surface area contributed by atoms with E-state index in [0.29, 0.717) is 0 Å². The highest BCUT2D eigenvalue weighted by atomic mass is 16.5. The number of fused-ring (bicyclic) bond motifs is 12. The van der Waals surface area contributed by atoms with Crippen LogP contribution in [0.3, 0.4) is 0 Å². The van der Waals surface area contributed by atoms with Crippen molar-refractivity contribution in [2.75, 3.05) is 0 Å². The van der Waals surface area contributed by atoms with Crippen molar-refractivity contribution in [1.82, 2.24) is 9.13 Å². The zero-order chi connectivity index (χ0) is 29.9. The molecule has 0 fully saturated rings. The van der Waals surface area contributed by atoms with Crippen molar-refractivity contribution in [3.8, 4) is 34.0 Å². The Labute approximate surface area is 262 Å². The van der Waals surface area contributed by atoms with Gasteiger partial charge in [-0.15, -0.1) is 0 Å². The Bertz CT molecular complexity index is 2880. The lowest BCUT2D eigenvalue weighted by Gasteiger charge is -2.21. The van der Waals surface area contributed by atoms with Gasteiger partial charge in [0.15, 0.2) is 11.5 Å². The molecule has 3 aromatic heterocycles. The number of para-hydroxylation sites is 6. The summed E-state index contributed by atoms with van der Waals surface area (Å²) in [4.78, 5) is 0. The molecule has 11 rings (SSSR count). The molecule has 0 aliphatic carbocycles. The molecule has 1 aliphatic heterocycles. The number of nitrogens with zero attached hydrogens (tertiary/aromatic N) is 2. The van der Waals surface area contributed by atoms with Gasteiger partial charge in [0.25, 0.3) is 0 Å². The van der Waals surface area contributed by atoms with Gasteiger partial charge in [-0.25, -0.2) is 0 Å². The van der Waals surface area contributed by atoms with Crippen LogP contribution in [0, 0.1) is 0 Å². The van der Waals surface area contributed by atoms with Crippen molar-refractivity contribution in [3.05, 3.63) is 146 Å². The van der Waals surface area contributed by atoms with Crippen LogP contribution in [-0.4, -0.2) is 9.13 Å². The minimum Gasteiger partial charge on any atom is -0.456 e. The number of rotatable bonds is 2. The van der Waals surface area contributed by atoms with Crippen LogP contribution in [0.25, 0.3) is 88.1 Å². The van der Waals surface area contributed by atoms with Gasteiger partial charge < -0.3 is 18.3 Å². The smallest absolute Gasteiger partial charge is 0.152 e. The highest BCUT2D eigenvalue weighted by Gasteiger charge is 2.25. The van der Waals surface area contributed by atoms with Crippen LogP contribution in [0.2, 0.25) is 0 Å².